The number of carbonyl (C=O) groups is 2. The molecule has 2 rings (SSSR count). The smallest absolute Gasteiger partial charge is 0.246 e. The monoisotopic (exact) mass is 408 g/mol. The molecule has 1 aromatic rings. The fraction of sp³-hybridized carbons (Fsp3) is 0.600. The highest BCUT2D eigenvalue weighted by atomic mass is 79.9. The van der Waals surface area contributed by atoms with Crippen molar-refractivity contribution in [1.29, 1.82) is 0 Å². The predicted molar refractivity (Wildman–Crippen MR) is 105 cm³/mol. The lowest BCUT2D eigenvalue weighted by Gasteiger charge is -2.25. The first-order valence-electron chi connectivity index (χ1n) is 9.24. The van der Waals surface area contributed by atoms with E-state index in [2.05, 4.69) is 40.4 Å². The number of halogens is 1. The van der Waals surface area contributed by atoms with Gasteiger partial charge in [0.2, 0.25) is 11.8 Å². The van der Waals surface area contributed by atoms with Crippen LogP contribution in [-0.4, -0.2) is 17.9 Å². The number of nitrogens with one attached hydrogen (secondary N) is 2. The van der Waals surface area contributed by atoms with E-state index >= 15 is 0 Å². The fourth-order valence-electron chi connectivity index (χ4n) is 3.31. The van der Waals surface area contributed by atoms with Crippen LogP contribution in [0.3, 0.4) is 0 Å². The molecule has 0 bridgehead atoms. The quantitative estimate of drug-likeness (QED) is 0.709. The molecule has 1 aromatic carbocycles. The second kappa shape index (κ2) is 9.37. The minimum Gasteiger partial charge on any atom is -0.344 e. The van der Waals surface area contributed by atoms with Crippen LogP contribution in [0.5, 0.6) is 0 Å². The summed E-state index contributed by atoms with van der Waals surface area (Å²) in [6.07, 6.45) is 5.94. The molecule has 0 aliphatic heterocycles. The van der Waals surface area contributed by atoms with Crippen molar-refractivity contribution in [3.8, 4) is 0 Å². The third kappa shape index (κ3) is 6.14. The lowest BCUT2D eigenvalue weighted by Crippen LogP contribution is -2.47. The maximum atomic E-state index is 12.7. The Bertz CT molecular complexity index is 610. The zero-order chi connectivity index (χ0) is 18.4. The molecule has 1 atom stereocenters. The first kappa shape index (κ1) is 20.0. The van der Waals surface area contributed by atoms with Gasteiger partial charge in [-0.15, -0.1) is 0 Å². The van der Waals surface area contributed by atoms with E-state index in [9.17, 15) is 9.59 Å². The van der Waals surface area contributed by atoms with Gasteiger partial charge in [0.25, 0.3) is 0 Å². The van der Waals surface area contributed by atoms with Crippen molar-refractivity contribution in [2.75, 3.05) is 5.32 Å². The van der Waals surface area contributed by atoms with E-state index in [1.54, 1.807) is 0 Å². The minimum absolute atomic E-state index is 0.0347. The third-order valence-electron chi connectivity index (χ3n) is 4.74. The molecular formula is C20H29BrN2O2. The number of hydrogen-bond acceptors (Lipinski definition) is 2. The molecule has 0 aromatic heterocycles. The predicted octanol–water partition coefficient (Wildman–Crippen LogP) is 4.81. The van der Waals surface area contributed by atoms with Crippen LogP contribution in [0.15, 0.2) is 22.7 Å². The summed E-state index contributed by atoms with van der Waals surface area (Å²) in [6, 6.07) is 5.23. The first-order chi connectivity index (χ1) is 11.9. The van der Waals surface area contributed by atoms with Crippen LogP contribution >= 0.6 is 15.9 Å². The molecule has 1 saturated carbocycles. The van der Waals surface area contributed by atoms with Crippen molar-refractivity contribution < 1.29 is 9.59 Å². The van der Waals surface area contributed by atoms with Gasteiger partial charge in [-0.25, -0.2) is 0 Å². The number of hydrogen-bond donors (Lipinski definition) is 2. The maximum Gasteiger partial charge on any atom is 0.246 e. The Kier molecular flexibility index (Phi) is 7.48. The van der Waals surface area contributed by atoms with Gasteiger partial charge >= 0.3 is 0 Å². The summed E-state index contributed by atoms with van der Waals surface area (Å²) in [6.45, 7) is 6.11. The molecular weight excluding hydrogens is 380 g/mol. The lowest BCUT2D eigenvalue weighted by molar-refractivity contribution is -0.130. The minimum atomic E-state index is -0.488. The topological polar surface area (TPSA) is 58.2 Å². The number of amides is 2. The normalized spacial score (nSPS) is 16.5. The highest BCUT2D eigenvalue weighted by molar-refractivity contribution is 9.10. The number of carbonyl (C=O) groups excluding carboxylic acids is 2. The van der Waals surface area contributed by atoms with Crippen molar-refractivity contribution in [1.82, 2.24) is 5.32 Å². The van der Waals surface area contributed by atoms with Crippen LogP contribution in [0.25, 0.3) is 0 Å². The molecule has 138 valence electrons. The Morgan fingerprint density at radius 1 is 1.20 bits per heavy atom. The summed E-state index contributed by atoms with van der Waals surface area (Å²) in [4.78, 5) is 25.3. The molecule has 2 N–H and O–H groups in total. The van der Waals surface area contributed by atoms with E-state index in [0.29, 0.717) is 12.3 Å². The highest BCUT2D eigenvalue weighted by Gasteiger charge is 2.27. The SMILES string of the molecule is Cc1cc(NC(=O)C(CC(C)C)NC(=O)C2CCCCC2)ccc1Br. The Morgan fingerprint density at radius 3 is 2.48 bits per heavy atom. The van der Waals surface area contributed by atoms with E-state index in [1.807, 2.05) is 25.1 Å². The molecule has 0 spiro atoms. The second-order valence-electron chi connectivity index (χ2n) is 7.48. The van der Waals surface area contributed by atoms with Crippen molar-refractivity contribution >= 4 is 33.4 Å². The number of anilines is 1. The van der Waals surface area contributed by atoms with Gasteiger partial charge in [-0.1, -0.05) is 49.0 Å². The van der Waals surface area contributed by atoms with Gasteiger partial charge in [-0.3, -0.25) is 9.59 Å². The zero-order valence-corrected chi connectivity index (χ0v) is 17.0. The molecule has 1 fully saturated rings. The summed E-state index contributed by atoms with van der Waals surface area (Å²) in [5.74, 6) is 0.285. The van der Waals surface area contributed by atoms with E-state index in [0.717, 1.165) is 41.4 Å². The first-order valence-corrected chi connectivity index (χ1v) is 10.0. The van der Waals surface area contributed by atoms with E-state index in [-0.39, 0.29) is 17.7 Å². The molecule has 1 aliphatic rings. The van der Waals surface area contributed by atoms with Gasteiger partial charge in [0.15, 0.2) is 0 Å². The second-order valence-corrected chi connectivity index (χ2v) is 8.33. The Labute approximate surface area is 159 Å². The molecule has 0 saturated heterocycles. The average Bonchev–Trinajstić information content (AvgIpc) is 2.58. The average molecular weight is 409 g/mol. The van der Waals surface area contributed by atoms with Gasteiger partial charge in [0.1, 0.15) is 6.04 Å². The number of aryl methyl sites for hydroxylation is 1. The molecule has 0 radical (unpaired) electrons. The summed E-state index contributed by atoms with van der Waals surface area (Å²) >= 11 is 3.46. The van der Waals surface area contributed by atoms with Crippen LogP contribution < -0.4 is 10.6 Å². The standard InChI is InChI=1S/C20H29BrN2O2/c1-13(2)11-18(23-19(24)15-7-5-4-6-8-15)20(25)22-16-9-10-17(21)14(3)12-16/h9-10,12-13,15,18H,4-8,11H2,1-3H3,(H,22,25)(H,23,24). The summed E-state index contributed by atoms with van der Waals surface area (Å²) in [5, 5.41) is 5.95. The lowest BCUT2D eigenvalue weighted by atomic mass is 9.88. The van der Waals surface area contributed by atoms with Crippen molar-refractivity contribution in [3.05, 3.63) is 28.2 Å². The van der Waals surface area contributed by atoms with Crippen LogP contribution in [0.2, 0.25) is 0 Å². The van der Waals surface area contributed by atoms with Gasteiger partial charge in [-0.2, -0.15) is 0 Å². The van der Waals surface area contributed by atoms with Gasteiger partial charge in [0.05, 0.1) is 0 Å². The van der Waals surface area contributed by atoms with Crippen LogP contribution in [0.1, 0.15) is 57.9 Å². The molecule has 5 heteroatoms. The van der Waals surface area contributed by atoms with Gasteiger partial charge < -0.3 is 10.6 Å². The summed E-state index contributed by atoms with van der Waals surface area (Å²) < 4.78 is 1.01. The highest BCUT2D eigenvalue weighted by Crippen LogP contribution is 2.24. The number of rotatable bonds is 6. The Morgan fingerprint density at radius 2 is 1.88 bits per heavy atom. The van der Waals surface area contributed by atoms with Crippen molar-refractivity contribution in [3.63, 3.8) is 0 Å². The molecule has 2 amide bonds. The Hall–Kier alpha value is -1.36. The van der Waals surface area contributed by atoms with Crippen LogP contribution in [0, 0.1) is 18.8 Å². The van der Waals surface area contributed by atoms with E-state index in [4.69, 9.17) is 0 Å². The van der Waals surface area contributed by atoms with Crippen LogP contribution in [0.4, 0.5) is 5.69 Å². The summed E-state index contributed by atoms with van der Waals surface area (Å²) in [5.41, 5.74) is 1.82. The molecule has 25 heavy (non-hydrogen) atoms. The van der Waals surface area contributed by atoms with Crippen molar-refractivity contribution in [2.24, 2.45) is 11.8 Å². The largest absolute Gasteiger partial charge is 0.344 e. The van der Waals surface area contributed by atoms with Crippen molar-refractivity contribution in [2.45, 2.75) is 65.3 Å². The van der Waals surface area contributed by atoms with Crippen LogP contribution in [-0.2, 0) is 9.59 Å². The van der Waals surface area contributed by atoms with E-state index in [1.165, 1.54) is 6.42 Å². The molecule has 4 nitrogen and oxygen atoms in total. The van der Waals surface area contributed by atoms with Gasteiger partial charge in [-0.05, 0) is 55.9 Å². The van der Waals surface area contributed by atoms with E-state index < -0.39 is 6.04 Å². The molecule has 0 heterocycles. The molecule has 1 aliphatic carbocycles. The zero-order valence-electron chi connectivity index (χ0n) is 15.4. The molecule has 1 unspecified atom stereocenters. The summed E-state index contributed by atoms with van der Waals surface area (Å²) in [7, 11) is 0. The maximum absolute atomic E-state index is 12.7. The van der Waals surface area contributed by atoms with Gasteiger partial charge in [0, 0.05) is 16.1 Å². The third-order valence-corrected chi connectivity index (χ3v) is 5.63. The fourth-order valence-corrected chi connectivity index (χ4v) is 3.56. The Balaban J connectivity index is 2.02. The number of benzene rings is 1.